The highest BCUT2D eigenvalue weighted by molar-refractivity contribution is 6.15. The maximum absolute atomic E-state index is 6.85. The van der Waals surface area contributed by atoms with Gasteiger partial charge < -0.3 is 9.32 Å². The predicted octanol–water partition coefficient (Wildman–Crippen LogP) is 15.5. The van der Waals surface area contributed by atoms with E-state index in [1.54, 1.807) is 0 Å². The number of anilines is 3. The maximum atomic E-state index is 6.85. The van der Waals surface area contributed by atoms with Crippen molar-refractivity contribution in [1.82, 2.24) is 9.97 Å². The van der Waals surface area contributed by atoms with Crippen LogP contribution in [0, 0.1) is 0 Å². The molecule has 2 heterocycles. The molecule has 1 aliphatic carbocycles. The van der Waals surface area contributed by atoms with Crippen LogP contribution in [0.15, 0.2) is 205 Å². The van der Waals surface area contributed by atoms with Crippen molar-refractivity contribution in [3.63, 3.8) is 0 Å². The lowest BCUT2D eigenvalue weighted by Crippen LogP contribution is -2.16. The first kappa shape index (κ1) is 35.2. The van der Waals surface area contributed by atoms with E-state index in [0.29, 0.717) is 5.82 Å². The normalized spacial score (nSPS) is 12.9. The van der Waals surface area contributed by atoms with Gasteiger partial charge in [0.15, 0.2) is 5.82 Å². The van der Waals surface area contributed by atoms with Crippen LogP contribution in [0.25, 0.3) is 88.5 Å². The van der Waals surface area contributed by atoms with Crippen LogP contribution in [-0.4, -0.2) is 9.97 Å². The zero-order valence-electron chi connectivity index (χ0n) is 33.8. The molecular weight excluding hydrogens is 743 g/mol. The van der Waals surface area contributed by atoms with Crippen molar-refractivity contribution in [1.29, 1.82) is 0 Å². The molecule has 1 aliphatic rings. The standard InChI is InChI=1S/C57H39N3O/c1-57(2)50-23-13-11-21-44(50)45-30-29-43(35-51(45)57)60(41-19-7-4-8-20-41)42-27-25-37(26-28-42)56-58-52-24-14-12-22-46(52)54(59-56)49-33-40(36-15-5-3-6-16-36)32-48-47-31-38-17-9-10-18-39(38)34-53(47)61-55(48)49/h3-35H,1-2H3. The largest absolute Gasteiger partial charge is 0.455 e. The van der Waals surface area contributed by atoms with Crippen molar-refractivity contribution in [3.05, 3.63) is 211 Å². The van der Waals surface area contributed by atoms with Crippen LogP contribution in [0.5, 0.6) is 0 Å². The summed E-state index contributed by atoms with van der Waals surface area (Å²) in [5.74, 6) is 0.656. The molecule has 0 saturated heterocycles. The molecule has 2 aromatic heterocycles. The van der Waals surface area contributed by atoms with Crippen LogP contribution in [-0.2, 0) is 5.41 Å². The number of fused-ring (bicyclic) bond motifs is 8. The molecule has 0 bridgehead atoms. The van der Waals surface area contributed by atoms with Gasteiger partial charge >= 0.3 is 0 Å². The number of nitrogens with zero attached hydrogens (tertiary/aromatic N) is 3. The fourth-order valence-corrected chi connectivity index (χ4v) is 9.56. The van der Waals surface area contributed by atoms with Crippen molar-refractivity contribution < 1.29 is 4.42 Å². The highest BCUT2D eigenvalue weighted by Crippen LogP contribution is 2.51. The van der Waals surface area contributed by atoms with Gasteiger partial charge in [0.05, 0.1) is 11.2 Å². The Labute approximate surface area is 354 Å². The summed E-state index contributed by atoms with van der Waals surface area (Å²) in [5.41, 5.74) is 16.0. The molecule has 12 rings (SSSR count). The smallest absolute Gasteiger partial charge is 0.160 e. The monoisotopic (exact) mass is 781 g/mol. The summed E-state index contributed by atoms with van der Waals surface area (Å²) in [6.45, 7) is 4.67. The molecule has 0 saturated carbocycles. The van der Waals surface area contributed by atoms with Crippen molar-refractivity contribution in [3.8, 4) is 44.9 Å². The molecule has 0 amide bonds. The molecule has 11 aromatic rings. The number of para-hydroxylation sites is 2. The van der Waals surface area contributed by atoms with Crippen molar-refractivity contribution in [2.24, 2.45) is 0 Å². The minimum atomic E-state index is -0.109. The molecule has 0 unspecified atom stereocenters. The first-order valence-electron chi connectivity index (χ1n) is 20.9. The zero-order valence-corrected chi connectivity index (χ0v) is 33.8. The Morgan fingerprint density at radius 2 is 1.08 bits per heavy atom. The molecule has 0 aliphatic heterocycles. The Kier molecular flexibility index (Phi) is 7.85. The van der Waals surface area contributed by atoms with E-state index >= 15 is 0 Å². The van der Waals surface area contributed by atoms with Crippen LogP contribution >= 0.6 is 0 Å². The molecule has 0 radical (unpaired) electrons. The third kappa shape index (κ3) is 5.67. The average Bonchev–Trinajstić information content (AvgIpc) is 3.79. The summed E-state index contributed by atoms with van der Waals surface area (Å²) in [4.78, 5) is 13.0. The Balaban J connectivity index is 1.01. The minimum Gasteiger partial charge on any atom is -0.455 e. The lowest BCUT2D eigenvalue weighted by molar-refractivity contribution is 0.660. The zero-order chi connectivity index (χ0) is 40.7. The summed E-state index contributed by atoms with van der Waals surface area (Å²) in [6, 6.07) is 71.2. The minimum absolute atomic E-state index is 0.109. The van der Waals surface area contributed by atoms with Gasteiger partial charge in [0, 0.05) is 49.8 Å². The lowest BCUT2D eigenvalue weighted by Gasteiger charge is -2.28. The summed E-state index contributed by atoms with van der Waals surface area (Å²) in [7, 11) is 0. The second-order valence-corrected chi connectivity index (χ2v) is 16.6. The van der Waals surface area contributed by atoms with E-state index in [0.717, 1.165) is 83.2 Å². The Bertz CT molecular complexity index is 3500. The van der Waals surface area contributed by atoms with Crippen LogP contribution in [0.3, 0.4) is 0 Å². The first-order chi connectivity index (χ1) is 30.0. The molecule has 9 aromatic carbocycles. The summed E-state index contributed by atoms with van der Waals surface area (Å²) in [6.07, 6.45) is 0. The number of benzene rings is 9. The van der Waals surface area contributed by atoms with Gasteiger partial charge in [0.2, 0.25) is 0 Å². The van der Waals surface area contributed by atoms with Gasteiger partial charge in [0.1, 0.15) is 11.2 Å². The third-order valence-electron chi connectivity index (χ3n) is 12.6. The van der Waals surface area contributed by atoms with E-state index in [2.05, 4.69) is 213 Å². The highest BCUT2D eigenvalue weighted by Gasteiger charge is 2.35. The Morgan fingerprint density at radius 3 is 1.90 bits per heavy atom. The van der Waals surface area contributed by atoms with E-state index in [1.165, 1.54) is 27.6 Å². The fraction of sp³-hybridized carbons (Fsp3) is 0.0526. The van der Waals surface area contributed by atoms with Gasteiger partial charge in [-0.1, -0.05) is 135 Å². The summed E-state index contributed by atoms with van der Waals surface area (Å²) < 4.78 is 6.85. The van der Waals surface area contributed by atoms with Crippen LogP contribution in [0.4, 0.5) is 17.1 Å². The van der Waals surface area contributed by atoms with Crippen LogP contribution < -0.4 is 4.90 Å². The van der Waals surface area contributed by atoms with E-state index in [1.807, 2.05) is 6.07 Å². The van der Waals surface area contributed by atoms with E-state index in [9.17, 15) is 0 Å². The first-order valence-corrected chi connectivity index (χ1v) is 20.9. The number of hydrogen-bond donors (Lipinski definition) is 0. The SMILES string of the molecule is CC1(C)c2ccccc2-c2ccc(N(c3ccccc3)c3ccc(-c4nc(-c5cc(-c6ccccc6)cc6c5oc5cc7ccccc7cc56)c5ccccc5n4)cc3)cc21. The summed E-state index contributed by atoms with van der Waals surface area (Å²) >= 11 is 0. The molecule has 288 valence electrons. The fourth-order valence-electron chi connectivity index (χ4n) is 9.56. The lowest BCUT2D eigenvalue weighted by atomic mass is 9.82. The van der Waals surface area contributed by atoms with E-state index in [4.69, 9.17) is 14.4 Å². The van der Waals surface area contributed by atoms with Gasteiger partial charge in [-0.15, -0.1) is 0 Å². The van der Waals surface area contributed by atoms with E-state index < -0.39 is 0 Å². The molecule has 0 atom stereocenters. The molecule has 61 heavy (non-hydrogen) atoms. The van der Waals surface area contributed by atoms with Gasteiger partial charge in [-0.3, -0.25) is 0 Å². The Hall–Kier alpha value is -7.82. The molecule has 0 spiro atoms. The number of rotatable bonds is 6. The average molecular weight is 782 g/mol. The molecular formula is C57H39N3O. The van der Waals surface area contributed by atoms with Gasteiger partial charge in [0.25, 0.3) is 0 Å². The van der Waals surface area contributed by atoms with E-state index in [-0.39, 0.29) is 5.41 Å². The Morgan fingerprint density at radius 1 is 0.426 bits per heavy atom. The third-order valence-corrected chi connectivity index (χ3v) is 12.6. The second-order valence-electron chi connectivity index (χ2n) is 16.6. The van der Waals surface area contributed by atoms with Crippen molar-refractivity contribution >= 4 is 60.7 Å². The molecule has 4 nitrogen and oxygen atoms in total. The number of hydrogen-bond acceptors (Lipinski definition) is 4. The van der Waals surface area contributed by atoms with Crippen molar-refractivity contribution in [2.75, 3.05) is 4.90 Å². The number of aromatic nitrogens is 2. The van der Waals surface area contributed by atoms with Gasteiger partial charge in [-0.25, -0.2) is 9.97 Å². The topological polar surface area (TPSA) is 42.2 Å². The molecule has 4 heteroatoms. The molecule has 0 fully saturated rings. The van der Waals surface area contributed by atoms with Crippen LogP contribution in [0.1, 0.15) is 25.0 Å². The highest BCUT2D eigenvalue weighted by atomic mass is 16.3. The van der Waals surface area contributed by atoms with Crippen LogP contribution in [0.2, 0.25) is 0 Å². The predicted molar refractivity (Wildman–Crippen MR) is 253 cm³/mol. The summed E-state index contributed by atoms with van der Waals surface area (Å²) in [5, 5.41) is 5.44. The quantitative estimate of drug-likeness (QED) is 0.168. The van der Waals surface area contributed by atoms with Gasteiger partial charge in [-0.05, 0) is 123 Å². The van der Waals surface area contributed by atoms with Gasteiger partial charge in [-0.2, -0.15) is 0 Å². The maximum Gasteiger partial charge on any atom is 0.160 e. The van der Waals surface area contributed by atoms with Crippen molar-refractivity contribution in [2.45, 2.75) is 19.3 Å². The molecule has 0 N–H and O–H groups in total. The number of furan rings is 1. The second kappa shape index (κ2) is 13.6.